The molecule has 0 spiro atoms. The second-order valence-electron chi connectivity index (χ2n) is 5.23. The minimum atomic E-state index is 0.603. The lowest BCUT2D eigenvalue weighted by Gasteiger charge is -2.22. The van der Waals surface area contributed by atoms with Gasteiger partial charge >= 0.3 is 0 Å². The summed E-state index contributed by atoms with van der Waals surface area (Å²) in [6, 6.07) is 1.26. The van der Waals surface area contributed by atoms with E-state index in [4.69, 9.17) is 0 Å². The number of nitrogens with zero attached hydrogens (tertiary/aromatic N) is 2. The second-order valence-corrected chi connectivity index (χ2v) is 6.24. The molecule has 1 rings (SSSR count). The van der Waals surface area contributed by atoms with Gasteiger partial charge in [-0.25, -0.2) is 0 Å². The molecule has 0 aromatic heterocycles. The summed E-state index contributed by atoms with van der Waals surface area (Å²) in [5.74, 6) is 1.86. The van der Waals surface area contributed by atoms with Crippen molar-refractivity contribution in [3.05, 3.63) is 0 Å². The Kier molecular flexibility index (Phi) is 6.34. The number of hydrogen-bond acceptors (Lipinski definition) is 3. The molecule has 1 N–H and O–H groups in total. The summed E-state index contributed by atoms with van der Waals surface area (Å²) in [5.41, 5.74) is 0. The quantitative estimate of drug-likeness (QED) is 0.792. The summed E-state index contributed by atoms with van der Waals surface area (Å²) in [5, 5.41) is 4.64. The molecule has 17 heavy (non-hydrogen) atoms. The van der Waals surface area contributed by atoms with E-state index in [1.54, 1.807) is 0 Å². The maximum atomic E-state index is 4.64. The average Bonchev–Trinajstić information content (AvgIpc) is 2.76. The zero-order chi connectivity index (χ0) is 12.8. The SMILES string of the molecule is CCC(C)N(C)CCN=C1NC(C(C)C)CS1. The van der Waals surface area contributed by atoms with Crippen LogP contribution in [0.25, 0.3) is 0 Å². The summed E-state index contributed by atoms with van der Waals surface area (Å²) >= 11 is 1.86. The summed E-state index contributed by atoms with van der Waals surface area (Å²) in [6.45, 7) is 11.0. The van der Waals surface area contributed by atoms with Crippen LogP contribution in [0.3, 0.4) is 0 Å². The first-order valence-corrected chi connectivity index (χ1v) is 7.67. The Morgan fingerprint density at radius 3 is 2.71 bits per heavy atom. The van der Waals surface area contributed by atoms with Crippen LogP contribution in [-0.4, -0.2) is 48.0 Å². The van der Waals surface area contributed by atoms with E-state index in [2.05, 4.69) is 50.0 Å². The molecule has 0 aromatic carbocycles. The molecule has 0 amide bonds. The third-order valence-electron chi connectivity index (χ3n) is 3.56. The molecule has 2 unspecified atom stereocenters. The van der Waals surface area contributed by atoms with E-state index in [0.29, 0.717) is 18.0 Å². The summed E-state index contributed by atoms with van der Waals surface area (Å²) < 4.78 is 0. The van der Waals surface area contributed by atoms with Gasteiger partial charge in [-0.1, -0.05) is 32.5 Å². The molecular weight excluding hydrogens is 230 g/mol. The number of aliphatic imine (C=N–C) groups is 1. The van der Waals surface area contributed by atoms with E-state index in [1.165, 1.54) is 6.42 Å². The highest BCUT2D eigenvalue weighted by Gasteiger charge is 2.22. The van der Waals surface area contributed by atoms with Gasteiger partial charge in [-0.15, -0.1) is 0 Å². The zero-order valence-electron chi connectivity index (χ0n) is 11.9. The first-order chi connectivity index (χ1) is 8.04. The van der Waals surface area contributed by atoms with E-state index in [0.717, 1.165) is 24.0 Å². The van der Waals surface area contributed by atoms with Crippen molar-refractivity contribution in [1.82, 2.24) is 10.2 Å². The van der Waals surface area contributed by atoms with Gasteiger partial charge in [-0.2, -0.15) is 0 Å². The number of amidine groups is 1. The highest BCUT2D eigenvalue weighted by Crippen LogP contribution is 2.18. The maximum absolute atomic E-state index is 4.64. The van der Waals surface area contributed by atoms with Gasteiger partial charge in [0, 0.05) is 24.4 Å². The number of rotatable bonds is 6. The Morgan fingerprint density at radius 1 is 1.47 bits per heavy atom. The van der Waals surface area contributed by atoms with Crippen LogP contribution in [0.15, 0.2) is 4.99 Å². The minimum Gasteiger partial charge on any atom is -0.361 e. The lowest BCUT2D eigenvalue weighted by atomic mass is 10.1. The molecule has 1 saturated heterocycles. The average molecular weight is 257 g/mol. The normalized spacial score (nSPS) is 24.6. The van der Waals surface area contributed by atoms with Crippen molar-refractivity contribution in [2.24, 2.45) is 10.9 Å². The first-order valence-electron chi connectivity index (χ1n) is 6.68. The fourth-order valence-electron chi connectivity index (χ4n) is 1.70. The molecule has 0 aromatic rings. The van der Waals surface area contributed by atoms with Crippen LogP contribution in [0, 0.1) is 5.92 Å². The molecule has 0 saturated carbocycles. The molecule has 1 fully saturated rings. The van der Waals surface area contributed by atoms with Crippen LogP contribution < -0.4 is 5.32 Å². The lowest BCUT2D eigenvalue weighted by molar-refractivity contribution is 0.259. The van der Waals surface area contributed by atoms with Crippen LogP contribution in [0.4, 0.5) is 0 Å². The number of hydrogen-bond donors (Lipinski definition) is 1. The number of thioether (sulfide) groups is 1. The summed E-state index contributed by atoms with van der Waals surface area (Å²) in [6.07, 6.45) is 1.20. The van der Waals surface area contributed by atoms with Crippen molar-refractivity contribution in [3.8, 4) is 0 Å². The van der Waals surface area contributed by atoms with Gasteiger partial charge in [-0.05, 0) is 26.3 Å². The standard InChI is InChI=1S/C13H27N3S/c1-6-11(4)16(5)8-7-14-13-15-12(9-17-13)10(2)3/h10-12H,6-9H2,1-5H3,(H,14,15). The molecule has 100 valence electrons. The zero-order valence-corrected chi connectivity index (χ0v) is 12.7. The first kappa shape index (κ1) is 14.8. The number of likely N-dealkylation sites (N-methyl/N-ethyl adjacent to an activating group) is 1. The molecule has 0 radical (unpaired) electrons. The second kappa shape index (κ2) is 7.27. The van der Waals surface area contributed by atoms with Gasteiger partial charge in [0.1, 0.15) is 0 Å². The monoisotopic (exact) mass is 257 g/mol. The van der Waals surface area contributed by atoms with E-state index in [1.807, 2.05) is 11.8 Å². The van der Waals surface area contributed by atoms with Crippen LogP contribution in [-0.2, 0) is 0 Å². The molecule has 4 heteroatoms. The van der Waals surface area contributed by atoms with Gasteiger partial charge in [0.15, 0.2) is 5.17 Å². The smallest absolute Gasteiger partial charge is 0.156 e. The van der Waals surface area contributed by atoms with Crippen molar-refractivity contribution in [3.63, 3.8) is 0 Å². The molecule has 1 aliphatic heterocycles. The highest BCUT2D eigenvalue weighted by atomic mass is 32.2. The molecule has 1 aliphatic rings. The van der Waals surface area contributed by atoms with Crippen LogP contribution in [0.2, 0.25) is 0 Å². The van der Waals surface area contributed by atoms with Crippen molar-refractivity contribution < 1.29 is 0 Å². The fraction of sp³-hybridized carbons (Fsp3) is 0.923. The van der Waals surface area contributed by atoms with E-state index in [-0.39, 0.29) is 0 Å². The molecule has 2 atom stereocenters. The third kappa shape index (κ3) is 4.88. The van der Waals surface area contributed by atoms with Gasteiger partial charge < -0.3 is 10.2 Å². The van der Waals surface area contributed by atoms with Gasteiger partial charge in [0.25, 0.3) is 0 Å². The largest absolute Gasteiger partial charge is 0.361 e. The van der Waals surface area contributed by atoms with E-state index >= 15 is 0 Å². The van der Waals surface area contributed by atoms with Crippen molar-refractivity contribution in [2.75, 3.05) is 25.9 Å². The number of nitrogens with one attached hydrogen (secondary N) is 1. The van der Waals surface area contributed by atoms with Crippen molar-refractivity contribution in [2.45, 2.75) is 46.2 Å². The van der Waals surface area contributed by atoms with Crippen LogP contribution >= 0.6 is 11.8 Å². The molecular formula is C13H27N3S. The van der Waals surface area contributed by atoms with E-state index in [9.17, 15) is 0 Å². The lowest BCUT2D eigenvalue weighted by Crippen LogP contribution is -2.33. The maximum Gasteiger partial charge on any atom is 0.156 e. The van der Waals surface area contributed by atoms with Crippen LogP contribution in [0.1, 0.15) is 34.1 Å². The Bertz CT molecular complexity index is 253. The van der Waals surface area contributed by atoms with Crippen molar-refractivity contribution in [1.29, 1.82) is 0 Å². The minimum absolute atomic E-state index is 0.603. The van der Waals surface area contributed by atoms with Crippen molar-refractivity contribution >= 4 is 16.9 Å². The Labute approximate surface area is 110 Å². The Balaban J connectivity index is 2.26. The third-order valence-corrected chi connectivity index (χ3v) is 4.61. The molecule has 3 nitrogen and oxygen atoms in total. The predicted octanol–water partition coefficient (Wildman–Crippen LogP) is 2.43. The molecule has 0 aliphatic carbocycles. The highest BCUT2D eigenvalue weighted by molar-refractivity contribution is 8.14. The summed E-state index contributed by atoms with van der Waals surface area (Å²) in [7, 11) is 2.18. The predicted molar refractivity (Wildman–Crippen MR) is 78.9 cm³/mol. The van der Waals surface area contributed by atoms with Gasteiger partial charge in [0.05, 0.1) is 6.54 Å². The Morgan fingerprint density at radius 2 is 2.18 bits per heavy atom. The topological polar surface area (TPSA) is 27.6 Å². The van der Waals surface area contributed by atoms with Crippen LogP contribution in [0.5, 0.6) is 0 Å². The molecule has 1 heterocycles. The van der Waals surface area contributed by atoms with E-state index < -0.39 is 0 Å². The fourth-order valence-corrected chi connectivity index (χ4v) is 2.93. The Hall–Kier alpha value is -0.220. The summed E-state index contributed by atoms with van der Waals surface area (Å²) in [4.78, 5) is 7.02. The van der Waals surface area contributed by atoms with Gasteiger partial charge in [0.2, 0.25) is 0 Å². The molecule has 0 bridgehead atoms. The van der Waals surface area contributed by atoms with Gasteiger partial charge in [-0.3, -0.25) is 4.99 Å².